The van der Waals surface area contributed by atoms with Gasteiger partial charge in [0.05, 0.1) is 16.4 Å². The summed E-state index contributed by atoms with van der Waals surface area (Å²) in [6.07, 6.45) is 0.785. The van der Waals surface area contributed by atoms with Crippen LogP contribution in [0, 0.1) is 16.0 Å². The summed E-state index contributed by atoms with van der Waals surface area (Å²) in [6.45, 7) is 0.877. The van der Waals surface area contributed by atoms with Gasteiger partial charge in [0, 0.05) is 37.3 Å². The summed E-state index contributed by atoms with van der Waals surface area (Å²) in [5.74, 6) is 0.0360. The van der Waals surface area contributed by atoms with Crippen LogP contribution in [0.3, 0.4) is 0 Å². The highest BCUT2D eigenvalue weighted by atomic mass is 32.2. The molecule has 0 radical (unpaired) electrons. The van der Waals surface area contributed by atoms with Crippen molar-refractivity contribution < 1.29 is 18.1 Å². The third-order valence-corrected chi connectivity index (χ3v) is 5.49. The first-order valence-corrected chi connectivity index (χ1v) is 9.13. The van der Waals surface area contributed by atoms with Crippen molar-refractivity contribution in [2.24, 2.45) is 5.92 Å². The van der Waals surface area contributed by atoms with Crippen LogP contribution in [0.15, 0.2) is 24.3 Å². The van der Waals surface area contributed by atoms with Crippen molar-refractivity contribution in [1.29, 1.82) is 0 Å². The van der Waals surface area contributed by atoms with Crippen molar-refractivity contribution in [1.82, 2.24) is 5.32 Å². The number of hydrogen-bond donors (Lipinski definition) is 2. The van der Waals surface area contributed by atoms with Crippen LogP contribution in [0.5, 0.6) is 0 Å². The molecule has 0 aromatic heterocycles. The highest BCUT2D eigenvalue weighted by Crippen LogP contribution is 2.21. The number of non-ortho nitro benzene ring substituents is 1. The first-order valence-electron chi connectivity index (χ1n) is 7.31. The Labute approximate surface area is 134 Å². The Bertz CT molecular complexity index is 672. The minimum Gasteiger partial charge on any atom is -0.383 e. The Morgan fingerprint density at radius 3 is 2.52 bits per heavy atom. The van der Waals surface area contributed by atoms with Gasteiger partial charge in [0.2, 0.25) is 5.91 Å². The minimum atomic E-state index is -2.95. The van der Waals surface area contributed by atoms with Crippen LogP contribution >= 0.6 is 0 Å². The van der Waals surface area contributed by atoms with E-state index in [0.29, 0.717) is 19.5 Å². The molecule has 2 N–H and O–H groups in total. The van der Waals surface area contributed by atoms with Gasteiger partial charge < -0.3 is 10.6 Å². The van der Waals surface area contributed by atoms with Crippen LogP contribution in [-0.4, -0.2) is 43.8 Å². The third-order valence-electron chi connectivity index (χ3n) is 3.66. The number of nitro benzene ring substituents is 1. The van der Waals surface area contributed by atoms with Crippen LogP contribution in [0.4, 0.5) is 11.4 Å². The molecule has 0 bridgehead atoms. The van der Waals surface area contributed by atoms with E-state index in [4.69, 9.17) is 0 Å². The number of amides is 1. The summed E-state index contributed by atoms with van der Waals surface area (Å²) >= 11 is 0. The van der Waals surface area contributed by atoms with Crippen LogP contribution < -0.4 is 10.6 Å². The van der Waals surface area contributed by atoms with Gasteiger partial charge in [-0.2, -0.15) is 0 Å². The Hall–Kier alpha value is -2.16. The summed E-state index contributed by atoms with van der Waals surface area (Å²) in [5, 5.41) is 16.3. The van der Waals surface area contributed by atoms with Crippen molar-refractivity contribution in [2.75, 3.05) is 29.9 Å². The van der Waals surface area contributed by atoms with Crippen molar-refractivity contribution in [3.63, 3.8) is 0 Å². The van der Waals surface area contributed by atoms with E-state index >= 15 is 0 Å². The zero-order valence-corrected chi connectivity index (χ0v) is 13.3. The molecule has 0 spiro atoms. The zero-order chi connectivity index (χ0) is 16.9. The minimum absolute atomic E-state index is 0.0235. The van der Waals surface area contributed by atoms with E-state index in [0.717, 1.165) is 5.69 Å². The topological polar surface area (TPSA) is 118 Å². The van der Waals surface area contributed by atoms with E-state index in [9.17, 15) is 23.3 Å². The van der Waals surface area contributed by atoms with Crippen LogP contribution in [0.2, 0.25) is 0 Å². The Morgan fingerprint density at radius 1 is 1.26 bits per heavy atom. The average molecular weight is 341 g/mol. The highest BCUT2D eigenvalue weighted by molar-refractivity contribution is 7.91. The molecule has 1 aromatic rings. The number of benzene rings is 1. The number of nitrogens with zero attached hydrogens (tertiary/aromatic N) is 1. The quantitative estimate of drug-likeness (QED) is 0.433. The number of hydrogen-bond acceptors (Lipinski definition) is 6. The molecule has 0 saturated carbocycles. The predicted molar refractivity (Wildman–Crippen MR) is 86.0 cm³/mol. The first kappa shape index (κ1) is 17.2. The van der Waals surface area contributed by atoms with Gasteiger partial charge in [0.1, 0.15) is 0 Å². The zero-order valence-electron chi connectivity index (χ0n) is 12.5. The Balaban J connectivity index is 1.65. The van der Waals surface area contributed by atoms with E-state index in [1.54, 1.807) is 12.1 Å². The number of anilines is 1. The second-order valence-corrected chi connectivity index (χ2v) is 7.78. The van der Waals surface area contributed by atoms with E-state index in [2.05, 4.69) is 10.6 Å². The van der Waals surface area contributed by atoms with Crippen LogP contribution in [0.25, 0.3) is 0 Å². The van der Waals surface area contributed by atoms with Gasteiger partial charge in [0.25, 0.3) is 5.69 Å². The number of rotatable bonds is 7. The number of sulfone groups is 1. The molecule has 23 heavy (non-hydrogen) atoms. The molecule has 1 saturated heterocycles. The number of nitrogens with one attached hydrogen (secondary N) is 2. The fourth-order valence-electron chi connectivity index (χ4n) is 2.48. The number of carbonyl (C=O) groups is 1. The summed E-state index contributed by atoms with van der Waals surface area (Å²) in [5.41, 5.74) is 0.752. The molecule has 1 amide bonds. The summed E-state index contributed by atoms with van der Waals surface area (Å²) in [7, 11) is -2.95. The molecular weight excluding hydrogens is 322 g/mol. The number of nitro groups is 1. The molecule has 2 rings (SSSR count). The molecule has 8 nitrogen and oxygen atoms in total. The van der Waals surface area contributed by atoms with E-state index in [1.165, 1.54) is 12.1 Å². The molecule has 1 atom stereocenters. The smallest absolute Gasteiger partial charge is 0.269 e. The summed E-state index contributed by atoms with van der Waals surface area (Å²) in [4.78, 5) is 21.8. The van der Waals surface area contributed by atoms with Crippen molar-refractivity contribution in [3.05, 3.63) is 34.4 Å². The molecule has 1 aliphatic heterocycles. The lowest BCUT2D eigenvalue weighted by molar-refractivity contribution is -0.384. The van der Waals surface area contributed by atoms with Crippen molar-refractivity contribution >= 4 is 27.1 Å². The SMILES string of the molecule is O=C(C[C@@H]1CCS(=O)(=O)C1)NCCNc1ccc([N+](=O)[O-])cc1. The van der Waals surface area contributed by atoms with Gasteiger partial charge >= 0.3 is 0 Å². The van der Waals surface area contributed by atoms with Gasteiger partial charge in [0.15, 0.2) is 9.84 Å². The fraction of sp³-hybridized carbons (Fsp3) is 0.500. The largest absolute Gasteiger partial charge is 0.383 e. The Morgan fingerprint density at radius 2 is 1.96 bits per heavy atom. The normalized spacial score (nSPS) is 19.2. The molecule has 0 unspecified atom stereocenters. The van der Waals surface area contributed by atoms with Crippen LogP contribution in [0.1, 0.15) is 12.8 Å². The van der Waals surface area contributed by atoms with E-state index in [1.807, 2.05) is 0 Å². The van der Waals surface area contributed by atoms with Gasteiger partial charge in [-0.3, -0.25) is 14.9 Å². The predicted octanol–water partition coefficient (Wildman–Crippen LogP) is 0.948. The second-order valence-electron chi connectivity index (χ2n) is 5.55. The van der Waals surface area contributed by atoms with Crippen molar-refractivity contribution in [2.45, 2.75) is 12.8 Å². The molecular formula is C14H19N3O5S. The summed E-state index contributed by atoms with van der Waals surface area (Å²) < 4.78 is 22.6. The molecule has 0 aliphatic carbocycles. The molecule has 9 heteroatoms. The maximum Gasteiger partial charge on any atom is 0.269 e. The van der Waals surface area contributed by atoms with Gasteiger partial charge in [-0.25, -0.2) is 8.42 Å². The van der Waals surface area contributed by atoms with Gasteiger partial charge in [-0.1, -0.05) is 0 Å². The maximum absolute atomic E-state index is 11.7. The van der Waals surface area contributed by atoms with Gasteiger partial charge in [-0.05, 0) is 24.5 Å². The van der Waals surface area contributed by atoms with Crippen LogP contribution in [-0.2, 0) is 14.6 Å². The lowest BCUT2D eigenvalue weighted by atomic mass is 10.1. The molecule has 126 valence electrons. The Kier molecular flexibility index (Phi) is 5.54. The fourth-order valence-corrected chi connectivity index (χ4v) is 4.34. The first-order chi connectivity index (χ1) is 10.9. The maximum atomic E-state index is 11.7. The third kappa shape index (κ3) is 5.51. The standard InChI is InChI=1S/C14H19N3O5S/c18-14(9-11-5-8-23(21,22)10-11)16-7-6-15-12-1-3-13(4-2-12)17(19)20/h1-4,11,15H,5-10H2,(H,16,18)/t11-/m0/s1. The monoisotopic (exact) mass is 341 g/mol. The number of carbonyl (C=O) groups excluding carboxylic acids is 1. The molecule has 1 aliphatic rings. The van der Waals surface area contributed by atoms with E-state index < -0.39 is 14.8 Å². The second kappa shape index (κ2) is 7.40. The molecule has 1 aromatic carbocycles. The average Bonchev–Trinajstić information content (AvgIpc) is 2.83. The lowest BCUT2D eigenvalue weighted by Crippen LogP contribution is -2.30. The lowest BCUT2D eigenvalue weighted by Gasteiger charge is -2.10. The summed E-state index contributed by atoms with van der Waals surface area (Å²) in [6, 6.07) is 6.01. The molecule has 1 fully saturated rings. The van der Waals surface area contributed by atoms with Gasteiger partial charge in [-0.15, -0.1) is 0 Å². The van der Waals surface area contributed by atoms with E-state index in [-0.39, 0.29) is 35.4 Å². The van der Waals surface area contributed by atoms with Crippen molar-refractivity contribution in [3.8, 4) is 0 Å². The molecule has 1 heterocycles. The highest BCUT2D eigenvalue weighted by Gasteiger charge is 2.29.